The summed E-state index contributed by atoms with van der Waals surface area (Å²) in [6.45, 7) is 7.91. The van der Waals surface area contributed by atoms with Crippen molar-refractivity contribution in [2.24, 2.45) is 5.73 Å². The number of piperidine rings is 1. The van der Waals surface area contributed by atoms with E-state index in [1.165, 1.54) is 0 Å². The minimum atomic E-state index is -0.483. The van der Waals surface area contributed by atoms with E-state index in [1.54, 1.807) is 0 Å². The highest BCUT2D eigenvalue weighted by Crippen LogP contribution is 2.27. The van der Waals surface area contributed by atoms with Gasteiger partial charge in [-0.2, -0.15) is 0 Å². The molecule has 0 aliphatic carbocycles. The lowest BCUT2D eigenvalue weighted by Crippen LogP contribution is -2.49. The zero-order valence-electron chi connectivity index (χ0n) is 14.8. The second-order valence-corrected chi connectivity index (χ2v) is 7.68. The first-order valence-corrected chi connectivity index (χ1v) is 8.89. The van der Waals surface area contributed by atoms with Gasteiger partial charge in [-0.05, 0) is 70.3 Å². The van der Waals surface area contributed by atoms with Gasteiger partial charge in [-0.15, -0.1) is 0 Å². The lowest BCUT2D eigenvalue weighted by Gasteiger charge is -2.36. The number of ether oxygens (including phenoxy) is 1. The maximum absolute atomic E-state index is 12.0. The molecule has 1 aromatic carbocycles. The average molecular weight is 354 g/mol. The summed E-state index contributed by atoms with van der Waals surface area (Å²) >= 11 is 6.12. The molecule has 134 valence electrons. The molecule has 0 aromatic heterocycles. The number of halogens is 1. The van der Waals surface area contributed by atoms with Crippen molar-refractivity contribution in [1.82, 2.24) is 5.32 Å². The number of amides is 1. The fourth-order valence-corrected chi connectivity index (χ4v) is 3.20. The minimum Gasteiger partial charge on any atom is -0.444 e. The number of rotatable bonds is 4. The van der Waals surface area contributed by atoms with E-state index in [2.05, 4.69) is 10.2 Å². The number of nitrogens with one attached hydrogen (secondary N) is 1. The van der Waals surface area contributed by atoms with Crippen molar-refractivity contribution in [3.05, 3.63) is 28.8 Å². The molecule has 5 nitrogen and oxygen atoms in total. The summed E-state index contributed by atoms with van der Waals surface area (Å²) in [6, 6.07) is 6.01. The molecule has 1 heterocycles. The SMILES string of the molecule is CC(C)(C)OC(=O)NC1CCCN(c2ccc(Cl)cc2CCN)C1. The van der Waals surface area contributed by atoms with Gasteiger partial charge >= 0.3 is 6.09 Å². The van der Waals surface area contributed by atoms with Crippen molar-refractivity contribution >= 4 is 23.4 Å². The molecule has 6 heteroatoms. The van der Waals surface area contributed by atoms with E-state index >= 15 is 0 Å². The first kappa shape index (κ1) is 18.9. The predicted octanol–water partition coefficient (Wildman–Crippen LogP) is 3.33. The average Bonchev–Trinajstić information content (AvgIpc) is 2.46. The fourth-order valence-electron chi connectivity index (χ4n) is 3.01. The molecule has 1 fully saturated rings. The highest BCUT2D eigenvalue weighted by molar-refractivity contribution is 6.30. The van der Waals surface area contributed by atoms with Gasteiger partial charge in [-0.3, -0.25) is 0 Å². The molecule has 1 aromatic rings. The third-order valence-electron chi connectivity index (χ3n) is 3.94. The van der Waals surface area contributed by atoms with E-state index in [0.717, 1.165) is 48.6 Å². The van der Waals surface area contributed by atoms with Gasteiger partial charge in [-0.25, -0.2) is 4.79 Å². The van der Waals surface area contributed by atoms with Crippen LogP contribution in [0, 0.1) is 0 Å². The lowest BCUT2D eigenvalue weighted by molar-refractivity contribution is 0.0500. The topological polar surface area (TPSA) is 67.6 Å². The zero-order chi connectivity index (χ0) is 17.7. The Morgan fingerprint density at radius 1 is 1.46 bits per heavy atom. The van der Waals surface area contributed by atoms with Gasteiger partial charge in [0.1, 0.15) is 5.60 Å². The number of anilines is 1. The number of nitrogens with two attached hydrogens (primary N) is 1. The molecular weight excluding hydrogens is 326 g/mol. The van der Waals surface area contributed by atoms with E-state index in [9.17, 15) is 4.79 Å². The van der Waals surface area contributed by atoms with Gasteiger partial charge in [-0.1, -0.05) is 11.6 Å². The van der Waals surface area contributed by atoms with Gasteiger partial charge in [0.25, 0.3) is 0 Å². The Bertz CT molecular complexity index is 572. The number of carbonyl (C=O) groups is 1. The van der Waals surface area contributed by atoms with Crippen molar-refractivity contribution in [3.8, 4) is 0 Å². The van der Waals surface area contributed by atoms with Crippen LogP contribution in [-0.2, 0) is 11.2 Å². The lowest BCUT2D eigenvalue weighted by atomic mass is 10.0. The molecule has 2 rings (SSSR count). The standard InChI is InChI=1S/C18H28ClN3O2/c1-18(2,3)24-17(23)21-15-5-4-10-22(12-15)16-7-6-14(19)11-13(16)8-9-20/h6-7,11,15H,4-5,8-10,12,20H2,1-3H3,(H,21,23). The molecule has 0 bridgehead atoms. The summed E-state index contributed by atoms with van der Waals surface area (Å²) in [4.78, 5) is 14.3. The molecule has 3 N–H and O–H groups in total. The molecule has 0 spiro atoms. The van der Waals surface area contributed by atoms with Crippen LogP contribution in [0.2, 0.25) is 5.02 Å². The molecule has 0 saturated carbocycles. The van der Waals surface area contributed by atoms with E-state index in [-0.39, 0.29) is 12.1 Å². The molecule has 0 radical (unpaired) electrons. The smallest absolute Gasteiger partial charge is 0.407 e. The van der Waals surface area contributed by atoms with Crippen LogP contribution in [0.3, 0.4) is 0 Å². The number of hydrogen-bond donors (Lipinski definition) is 2. The van der Waals surface area contributed by atoms with Crippen LogP contribution >= 0.6 is 11.6 Å². The summed E-state index contributed by atoms with van der Waals surface area (Å²) in [6.07, 6.45) is 2.41. The van der Waals surface area contributed by atoms with Crippen LogP contribution in [0.1, 0.15) is 39.2 Å². The third kappa shape index (κ3) is 5.56. The van der Waals surface area contributed by atoms with Crippen LogP contribution in [0.5, 0.6) is 0 Å². The largest absolute Gasteiger partial charge is 0.444 e. The van der Waals surface area contributed by atoms with Crippen molar-refractivity contribution in [3.63, 3.8) is 0 Å². The second kappa shape index (κ2) is 8.08. The highest BCUT2D eigenvalue weighted by atomic mass is 35.5. The van der Waals surface area contributed by atoms with Gasteiger partial charge < -0.3 is 20.7 Å². The minimum absolute atomic E-state index is 0.0787. The van der Waals surface area contributed by atoms with Crippen LogP contribution in [0.4, 0.5) is 10.5 Å². The molecule has 1 aliphatic heterocycles. The van der Waals surface area contributed by atoms with Gasteiger partial charge in [0.05, 0.1) is 0 Å². The van der Waals surface area contributed by atoms with Crippen molar-refractivity contribution < 1.29 is 9.53 Å². The summed E-state index contributed by atoms with van der Waals surface area (Å²) in [5, 5.41) is 3.71. The highest BCUT2D eigenvalue weighted by Gasteiger charge is 2.25. The molecule has 1 saturated heterocycles. The first-order valence-electron chi connectivity index (χ1n) is 8.51. The summed E-state index contributed by atoms with van der Waals surface area (Å²) in [7, 11) is 0. The maximum atomic E-state index is 12.0. The zero-order valence-corrected chi connectivity index (χ0v) is 15.5. The molecule has 1 aliphatic rings. The summed E-state index contributed by atoms with van der Waals surface area (Å²) in [5.74, 6) is 0. The fraction of sp³-hybridized carbons (Fsp3) is 0.611. The molecular formula is C18H28ClN3O2. The summed E-state index contributed by atoms with van der Waals surface area (Å²) < 4.78 is 5.36. The number of carbonyl (C=O) groups excluding carboxylic acids is 1. The number of hydrogen-bond acceptors (Lipinski definition) is 4. The van der Waals surface area contributed by atoms with E-state index in [4.69, 9.17) is 22.1 Å². The number of alkyl carbamates (subject to hydrolysis) is 1. The van der Waals surface area contributed by atoms with Crippen LogP contribution in [-0.4, -0.2) is 37.4 Å². The Hall–Kier alpha value is -1.46. The molecule has 1 unspecified atom stereocenters. The monoisotopic (exact) mass is 353 g/mol. The quantitative estimate of drug-likeness (QED) is 0.871. The second-order valence-electron chi connectivity index (χ2n) is 7.24. The predicted molar refractivity (Wildman–Crippen MR) is 98.8 cm³/mol. The Kier molecular flexibility index (Phi) is 6.35. The van der Waals surface area contributed by atoms with Crippen molar-refractivity contribution in [2.45, 2.75) is 51.7 Å². The van der Waals surface area contributed by atoms with Crippen LogP contribution in [0.25, 0.3) is 0 Å². The molecule has 1 amide bonds. The van der Waals surface area contributed by atoms with Gasteiger partial charge in [0.15, 0.2) is 0 Å². The Morgan fingerprint density at radius 3 is 2.88 bits per heavy atom. The van der Waals surface area contributed by atoms with E-state index in [0.29, 0.717) is 6.54 Å². The first-order chi connectivity index (χ1) is 11.3. The molecule has 24 heavy (non-hydrogen) atoms. The van der Waals surface area contributed by atoms with Gasteiger partial charge in [0, 0.05) is 29.8 Å². The summed E-state index contributed by atoms with van der Waals surface area (Å²) in [5.41, 5.74) is 7.55. The Morgan fingerprint density at radius 2 is 2.21 bits per heavy atom. The van der Waals surface area contributed by atoms with E-state index in [1.807, 2.05) is 39.0 Å². The van der Waals surface area contributed by atoms with Crippen molar-refractivity contribution in [2.75, 3.05) is 24.5 Å². The van der Waals surface area contributed by atoms with Crippen LogP contribution in [0.15, 0.2) is 18.2 Å². The van der Waals surface area contributed by atoms with Crippen molar-refractivity contribution in [1.29, 1.82) is 0 Å². The van der Waals surface area contributed by atoms with Gasteiger partial charge in [0.2, 0.25) is 0 Å². The maximum Gasteiger partial charge on any atom is 0.407 e. The Balaban J connectivity index is 2.04. The molecule has 1 atom stereocenters. The number of nitrogens with zero attached hydrogens (tertiary/aromatic N) is 1. The van der Waals surface area contributed by atoms with Crippen LogP contribution < -0.4 is 16.0 Å². The normalized spacial score (nSPS) is 18.4. The van der Waals surface area contributed by atoms with E-state index < -0.39 is 5.60 Å². The number of benzene rings is 1. The Labute approximate surface area is 149 Å². The third-order valence-corrected chi connectivity index (χ3v) is 4.17.